The van der Waals surface area contributed by atoms with Gasteiger partial charge in [0.2, 0.25) is 5.91 Å². The van der Waals surface area contributed by atoms with E-state index >= 15 is 0 Å². The third kappa shape index (κ3) is 4.21. The minimum absolute atomic E-state index is 0.0101. The lowest BCUT2D eigenvalue weighted by Gasteiger charge is -2.35. The van der Waals surface area contributed by atoms with Crippen molar-refractivity contribution in [2.75, 3.05) is 31.1 Å². The number of nitro groups is 1. The van der Waals surface area contributed by atoms with Crippen LogP contribution in [-0.4, -0.2) is 41.9 Å². The van der Waals surface area contributed by atoms with Crippen molar-refractivity contribution in [1.29, 1.82) is 0 Å². The number of nitro benzene ring substituents is 1. The first-order chi connectivity index (χ1) is 12.5. The second kappa shape index (κ2) is 8.01. The van der Waals surface area contributed by atoms with Crippen molar-refractivity contribution in [2.45, 2.75) is 0 Å². The number of hydrogen-bond acceptors (Lipinski definition) is 4. The predicted octanol–water partition coefficient (Wildman–Crippen LogP) is 3.61. The van der Waals surface area contributed by atoms with Crippen molar-refractivity contribution in [2.24, 2.45) is 0 Å². The van der Waals surface area contributed by atoms with Crippen molar-refractivity contribution in [3.8, 4) is 0 Å². The minimum Gasteiger partial charge on any atom is -0.368 e. The fourth-order valence-electron chi connectivity index (χ4n) is 2.90. The fourth-order valence-corrected chi connectivity index (χ4v) is 3.02. The average Bonchev–Trinajstić information content (AvgIpc) is 2.67. The van der Waals surface area contributed by atoms with Gasteiger partial charge in [-0.3, -0.25) is 14.9 Å². The Morgan fingerprint density at radius 3 is 2.35 bits per heavy atom. The van der Waals surface area contributed by atoms with Crippen LogP contribution in [0.2, 0.25) is 5.02 Å². The van der Waals surface area contributed by atoms with E-state index in [1.807, 2.05) is 24.3 Å². The van der Waals surface area contributed by atoms with Gasteiger partial charge in [-0.2, -0.15) is 0 Å². The summed E-state index contributed by atoms with van der Waals surface area (Å²) in [6.07, 6.45) is 2.91. The molecule has 1 aliphatic rings. The highest BCUT2D eigenvalue weighted by molar-refractivity contribution is 6.30. The smallest absolute Gasteiger partial charge is 0.276 e. The Labute approximate surface area is 156 Å². The maximum absolute atomic E-state index is 12.4. The van der Waals surface area contributed by atoms with E-state index < -0.39 is 4.92 Å². The van der Waals surface area contributed by atoms with E-state index in [9.17, 15) is 14.9 Å². The van der Waals surface area contributed by atoms with Crippen LogP contribution < -0.4 is 4.90 Å². The Kier molecular flexibility index (Phi) is 5.53. The molecular weight excluding hydrogens is 354 g/mol. The van der Waals surface area contributed by atoms with Crippen molar-refractivity contribution in [3.05, 3.63) is 75.3 Å². The van der Waals surface area contributed by atoms with Crippen LogP contribution in [0.3, 0.4) is 0 Å². The molecule has 1 saturated heterocycles. The van der Waals surface area contributed by atoms with Gasteiger partial charge >= 0.3 is 0 Å². The lowest BCUT2D eigenvalue weighted by molar-refractivity contribution is -0.385. The Morgan fingerprint density at radius 2 is 1.69 bits per heavy atom. The number of carbonyl (C=O) groups is 1. The number of piperazine rings is 1. The van der Waals surface area contributed by atoms with Crippen LogP contribution in [0.4, 0.5) is 11.4 Å². The molecule has 26 heavy (non-hydrogen) atoms. The van der Waals surface area contributed by atoms with Gasteiger partial charge in [-0.05, 0) is 36.4 Å². The first-order valence-corrected chi connectivity index (χ1v) is 8.63. The molecule has 0 spiro atoms. The topological polar surface area (TPSA) is 66.7 Å². The second-order valence-corrected chi connectivity index (χ2v) is 6.37. The van der Waals surface area contributed by atoms with Crippen molar-refractivity contribution < 1.29 is 9.72 Å². The van der Waals surface area contributed by atoms with Gasteiger partial charge in [-0.25, -0.2) is 0 Å². The first-order valence-electron chi connectivity index (χ1n) is 8.25. The van der Waals surface area contributed by atoms with Crippen LogP contribution in [0.5, 0.6) is 0 Å². The van der Waals surface area contributed by atoms with Crippen molar-refractivity contribution in [3.63, 3.8) is 0 Å². The number of amides is 1. The molecule has 0 bridgehead atoms. The van der Waals surface area contributed by atoms with E-state index in [4.69, 9.17) is 11.6 Å². The normalized spacial score (nSPS) is 14.7. The van der Waals surface area contributed by atoms with E-state index in [1.165, 1.54) is 18.2 Å². The molecule has 1 amide bonds. The summed E-state index contributed by atoms with van der Waals surface area (Å²) in [6, 6.07) is 14.0. The lowest BCUT2D eigenvalue weighted by atomic mass is 10.1. The Hall–Kier alpha value is -2.86. The summed E-state index contributed by atoms with van der Waals surface area (Å²) < 4.78 is 0. The molecule has 1 aliphatic heterocycles. The third-order valence-corrected chi connectivity index (χ3v) is 4.57. The minimum atomic E-state index is -0.449. The monoisotopic (exact) mass is 371 g/mol. The van der Waals surface area contributed by atoms with Crippen LogP contribution >= 0.6 is 11.6 Å². The third-order valence-electron chi connectivity index (χ3n) is 4.32. The molecule has 0 atom stereocenters. The number of para-hydroxylation sites is 1. The van der Waals surface area contributed by atoms with Crippen molar-refractivity contribution in [1.82, 2.24) is 4.90 Å². The molecule has 2 aromatic rings. The molecule has 1 fully saturated rings. The number of rotatable bonds is 4. The van der Waals surface area contributed by atoms with Gasteiger partial charge in [-0.15, -0.1) is 0 Å². The zero-order chi connectivity index (χ0) is 18.5. The number of carbonyl (C=O) groups excluding carboxylic acids is 1. The van der Waals surface area contributed by atoms with Gasteiger partial charge < -0.3 is 9.80 Å². The number of benzene rings is 2. The number of nitrogens with zero attached hydrogens (tertiary/aromatic N) is 3. The molecule has 7 heteroatoms. The molecule has 134 valence electrons. The van der Waals surface area contributed by atoms with Crippen LogP contribution in [0, 0.1) is 10.1 Å². The summed E-state index contributed by atoms with van der Waals surface area (Å²) in [5.41, 5.74) is 1.49. The van der Waals surface area contributed by atoms with E-state index in [0.29, 0.717) is 23.7 Å². The fraction of sp³-hybridized carbons (Fsp3) is 0.211. The van der Waals surface area contributed by atoms with Gasteiger partial charge in [0.1, 0.15) is 0 Å². The molecular formula is C19H18ClN3O3. The Bertz CT molecular complexity index is 828. The molecule has 0 radical (unpaired) electrons. The zero-order valence-corrected chi connectivity index (χ0v) is 14.8. The highest BCUT2D eigenvalue weighted by atomic mass is 35.5. The summed E-state index contributed by atoms with van der Waals surface area (Å²) in [4.78, 5) is 26.9. The van der Waals surface area contributed by atoms with E-state index in [-0.39, 0.29) is 11.6 Å². The van der Waals surface area contributed by atoms with Gasteiger partial charge in [0.15, 0.2) is 0 Å². The maximum atomic E-state index is 12.4. The molecule has 6 nitrogen and oxygen atoms in total. The number of anilines is 1. The van der Waals surface area contributed by atoms with Crippen molar-refractivity contribution >= 4 is 35.0 Å². The molecule has 0 unspecified atom stereocenters. The summed E-state index contributed by atoms with van der Waals surface area (Å²) in [7, 11) is 0. The second-order valence-electron chi connectivity index (χ2n) is 5.94. The van der Waals surface area contributed by atoms with Gasteiger partial charge in [-0.1, -0.05) is 23.7 Å². The van der Waals surface area contributed by atoms with E-state index in [0.717, 1.165) is 18.8 Å². The first kappa shape index (κ1) is 17.9. The lowest BCUT2D eigenvalue weighted by Crippen LogP contribution is -2.48. The predicted molar refractivity (Wildman–Crippen MR) is 102 cm³/mol. The highest BCUT2D eigenvalue weighted by Gasteiger charge is 2.20. The Balaban J connectivity index is 1.60. The highest BCUT2D eigenvalue weighted by Crippen LogP contribution is 2.21. The molecule has 0 N–H and O–H groups in total. The van der Waals surface area contributed by atoms with E-state index in [2.05, 4.69) is 4.90 Å². The van der Waals surface area contributed by atoms with Gasteiger partial charge in [0.05, 0.1) is 10.5 Å². The molecule has 2 aromatic carbocycles. The zero-order valence-electron chi connectivity index (χ0n) is 14.0. The Morgan fingerprint density at radius 1 is 1.04 bits per heavy atom. The largest absolute Gasteiger partial charge is 0.368 e. The molecule has 0 aromatic heterocycles. The summed E-state index contributed by atoms with van der Waals surface area (Å²) >= 11 is 5.91. The van der Waals surface area contributed by atoms with Gasteiger partial charge in [0.25, 0.3) is 5.69 Å². The van der Waals surface area contributed by atoms with Crippen LogP contribution in [-0.2, 0) is 4.79 Å². The molecule has 0 saturated carbocycles. The SMILES string of the molecule is O=C(/C=C/c1ccccc1[N+](=O)[O-])N1CCN(c2ccc(Cl)cc2)CC1. The molecule has 3 rings (SSSR count). The number of hydrogen-bond donors (Lipinski definition) is 0. The van der Waals surface area contributed by atoms with Crippen LogP contribution in [0.15, 0.2) is 54.6 Å². The quantitative estimate of drug-likeness (QED) is 0.468. The molecule has 0 aliphatic carbocycles. The summed E-state index contributed by atoms with van der Waals surface area (Å²) in [5.74, 6) is -0.140. The maximum Gasteiger partial charge on any atom is 0.276 e. The van der Waals surface area contributed by atoms with Gasteiger partial charge in [0, 0.05) is 49.0 Å². The van der Waals surface area contributed by atoms with Crippen LogP contribution in [0.25, 0.3) is 6.08 Å². The standard InChI is InChI=1S/C19H18ClN3O3/c20-16-6-8-17(9-7-16)21-11-13-22(14-12-21)19(24)10-5-15-3-1-2-4-18(15)23(25)26/h1-10H,11-14H2/b10-5+. The van der Waals surface area contributed by atoms with Crippen LogP contribution in [0.1, 0.15) is 5.56 Å². The summed E-state index contributed by atoms with van der Waals surface area (Å²) in [5, 5.41) is 11.7. The number of halogens is 1. The summed E-state index contributed by atoms with van der Waals surface area (Å²) in [6.45, 7) is 2.66. The molecule has 1 heterocycles. The average molecular weight is 372 g/mol. The van der Waals surface area contributed by atoms with E-state index in [1.54, 1.807) is 23.1 Å².